The molecule has 1 aromatic carbocycles. The molecule has 2 atom stereocenters. The van der Waals surface area contributed by atoms with Gasteiger partial charge in [-0.2, -0.15) is 9.29 Å². The number of ether oxygens (including phenoxy) is 1. The second kappa shape index (κ2) is 8.93. The number of carbonyl (C=O) groups excluding carboxylic acids is 1. The lowest BCUT2D eigenvalue weighted by molar-refractivity contribution is -0.0440. The molecule has 10 nitrogen and oxygen atoms in total. The number of rotatable bonds is 7. The lowest BCUT2D eigenvalue weighted by atomic mass is 10.2. The Hall–Kier alpha value is -2.50. The number of benzene rings is 1. The summed E-state index contributed by atoms with van der Waals surface area (Å²) in [7, 11) is -3.48. The molecule has 0 bridgehead atoms. The van der Waals surface area contributed by atoms with Crippen LogP contribution in [0.15, 0.2) is 28.8 Å². The van der Waals surface area contributed by atoms with Gasteiger partial charge in [0.05, 0.1) is 18.0 Å². The highest BCUT2D eigenvalue weighted by Crippen LogP contribution is 2.39. The molecule has 31 heavy (non-hydrogen) atoms. The standard InChI is InChI=1S/C20H27N5O5S/c1-13-11-25(12-14(2)29-13)31(27,28)9-8-21-20(26)22-17-5-3-4-16(10-17)19-23-18(24-30-19)15-6-7-15/h3-5,10,13-15H,6-9,11-12H2,1-2H3,(H2,21,22,26)/t13-,14-/m0/s1. The van der Waals surface area contributed by atoms with Crippen LogP contribution in [0.4, 0.5) is 10.5 Å². The summed E-state index contributed by atoms with van der Waals surface area (Å²) in [5, 5.41) is 9.30. The van der Waals surface area contributed by atoms with Gasteiger partial charge in [-0.15, -0.1) is 0 Å². The number of anilines is 1. The fraction of sp³-hybridized carbons (Fsp3) is 0.550. The summed E-state index contributed by atoms with van der Waals surface area (Å²) < 4.78 is 37.4. The third-order valence-electron chi connectivity index (χ3n) is 5.18. The van der Waals surface area contributed by atoms with Crippen LogP contribution in [0.1, 0.15) is 38.4 Å². The van der Waals surface area contributed by atoms with Gasteiger partial charge in [-0.1, -0.05) is 11.2 Å². The molecule has 1 saturated carbocycles. The van der Waals surface area contributed by atoms with Gasteiger partial charge in [0, 0.05) is 36.8 Å². The number of aromatic nitrogens is 2. The van der Waals surface area contributed by atoms with Crippen LogP contribution in [-0.4, -0.2) is 66.5 Å². The van der Waals surface area contributed by atoms with Crippen molar-refractivity contribution in [2.24, 2.45) is 0 Å². The number of hydrogen-bond acceptors (Lipinski definition) is 7. The first-order chi connectivity index (χ1) is 14.8. The van der Waals surface area contributed by atoms with Gasteiger partial charge in [0.25, 0.3) is 5.89 Å². The van der Waals surface area contributed by atoms with Crippen LogP contribution in [-0.2, 0) is 14.8 Å². The second-order valence-corrected chi connectivity index (χ2v) is 10.2. The van der Waals surface area contributed by atoms with Crippen molar-refractivity contribution in [1.29, 1.82) is 0 Å². The number of carbonyl (C=O) groups is 1. The van der Waals surface area contributed by atoms with Crippen LogP contribution < -0.4 is 10.6 Å². The Kier molecular flexibility index (Phi) is 6.26. The van der Waals surface area contributed by atoms with E-state index in [-0.39, 0.29) is 24.5 Å². The average Bonchev–Trinajstić information content (AvgIpc) is 3.44. The molecule has 1 saturated heterocycles. The van der Waals surface area contributed by atoms with E-state index < -0.39 is 16.1 Å². The molecule has 2 aromatic rings. The molecule has 0 unspecified atom stereocenters. The lowest BCUT2D eigenvalue weighted by Gasteiger charge is -2.34. The van der Waals surface area contributed by atoms with Crippen molar-refractivity contribution in [1.82, 2.24) is 19.8 Å². The van der Waals surface area contributed by atoms with Gasteiger partial charge >= 0.3 is 6.03 Å². The number of nitrogens with one attached hydrogen (secondary N) is 2. The number of amides is 2. The van der Waals surface area contributed by atoms with Crippen LogP contribution in [0.2, 0.25) is 0 Å². The predicted octanol–water partition coefficient (Wildman–Crippen LogP) is 2.17. The van der Waals surface area contributed by atoms with Gasteiger partial charge in [-0.3, -0.25) is 0 Å². The molecule has 0 spiro atoms. The summed E-state index contributed by atoms with van der Waals surface area (Å²) in [4.78, 5) is 16.6. The minimum absolute atomic E-state index is 0.00237. The smallest absolute Gasteiger partial charge is 0.319 e. The van der Waals surface area contributed by atoms with E-state index in [9.17, 15) is 13.2 Å². The summed E-state index contributed by atoms with van der Waals surface area (Å²) >= 11 is 0. The molecule has 1 aliphatic carbocycles. The van der Waals surface area contributed by atoms with Crippen molar-refractivity contribution in [3.05, 3.63) is 30.1 Å². The van der Waals surface area contributed by atoms with Crippen molar-refractivity contribution >= 4 is 21.7 Å². The molecule has 168 valence electrons. The number of nitrogens with zero attached hydrogens (tertiary/aromatic N) is 3. The van der Waals surface area contributed by atoms with Gasteiger partial charge in [-0.05, 0) is 44.9 Å². The molecular formula is C20H27N5O5S. The third-order valence-corrected chi connectivity index (χ3v) is 6.98. The SMILES string of the molecule is C[C@H]1CN(S(=O)(=O)CCNC(=O)Nc2cccc(-c3nc(C4CC4)no3)c2)C[C@H](C)O1. The molecule has 2 N–H and O–H groups in total. The fourth-order valence-corrected chi connectivity index (χ4v) is 5.04. The predicted molar refractivity (Wildman–Crippen MR) is 114 cm³/mol. The van der Waals surface area contributed by atoms with Gasteiger partial charge < -0.3 is 19.9 Å². The van der Waals surface area contributed by atoms with Crippen LogP contribution in [0, 0.1) is 0 Å². The molecule has 1 aliphatic heterocycles. The molecule has 4 rings (SSSR count). The molecule has 0 radical (unpaired) electrons. The number of urea groups is 1. The lowest BCUT2D eigenvalue weighted by Crippen LogP contribution is -2.49. The maximum absolute atomic E-state index is 12.5. The maximum atomic E-state index is 12.5. The zero-order chi connectivity index (χ0) is 22.0. The molecule has 2 aliphatic rings. The largest absolute Gasteiger partial charge is 0.373 e. The Morgan fingerprint density at radius 2 is 1.97 bits per heavy atom. The van der Waals surface area contributed by atoms with Gasteiger partial charge in [0.2, 0.25) is 10.0 Å². The van der Waals surface area contributed by atoms with Crippen LogP contribution in [0.25, 0.3) is 11.5 Å². The van der Waals surface area contributed by atoms with E-state index in [0.29, 0.717) is 36.1 Å². The average molecular weight is 450 g/mol. The van der Waals surface area contributed by atoms with E-state index in [4.69, 9.17) is 9.26 Å². The molecule has 2 amide bonds. The summed E-state index contributed by atoms with van der Waals surface area (Å²) in [5.74, 6) is 1.35. The van der Waals surface area contributed by atoms with E-state index in [1.165, 1.54) is 4.31 Å². The van der Waals surface area contributed by atoms with Crippen LogP contribution in [0.3, 0.4) is 0 Å². The molecular weight excluding hydrogens is 422 g/mol. The Morgan fingerprint density at radius 1 is 1.23 bits per heavy atom. The molecule has 2 heterocycles. The number of sulfonamides is 1. The summed E-state index contributed by atoms with van der Waals surface area (Å²) in [6.45, 7) is 4.34. The Balaban J connectivity index is 1.29. The number of morpholine rings is 1. The first-order valence-corrected chi connectivity index (χ1v) is 12.0. The quantitative estimate of drug-likeness (QED) is 0.663. The number of hydrogen-bond donors (Lipinski definition) is 2. The van der Waals surface area contributed by atoms with Gasteiger partial charge in [0.1, 0.15) is 0 Å². The zero-order valence-corrected chi connectivity index (χ0v) is 18.4. The second-order valence-electron chi connectivity index (χ2n) is 8.08. The van der Waals surface area contributed by atoms with E-state index in [2.05, 4.69) is 20.8 Å². The Morgan fingerprint density at radius 3 is 2.68 bits per heavy atom. The fourth-order valence-electron chi connectivity index (χ4n) is 3.55. The van der Waals surface area contributed by atoms with E-state index in [1.807, 2.05) is 19.9 Å². The van der Waals surface area contributed by atoms with Gasteiger partial charge in [0.15, 0.2) is 5.82 Å². The summed E-state index contributed by atoms with van der Waals surface area (Å²) in [5.41, 5.74) is 1.25. The molecule has 1 aromatic heterocycles. The van der Waals surface area contributed by atoms with Gasteiger partial charge in [-0.25, -0.2) is 13.2 Å². The van der Waals surface area contributed by atoms with E-state index in [1.54, 1.807) is 18.2 Å². The summed E-state index contributed by atoms with van der Waals surface area (Å²) in [6, 6.07) is 6.58. The third kappa shape index (κ3) is 5.60. The van der Waals surface area contributed by atoms with Crippen LogP contribution in [0.5, 0.6) is 0 Å². The monoisotopic (exact) mass is 449 g/mol. The van der Waals surface area contributed by atoms with Crippen LogP contribution >= 0.6 is 0 Å². The highest BCUT2D eigenvalue weighted by atomic mass is 32.2. The van der Waals surface area contributed by atoms with Crippen molar-refractivity contribution in [2.75, 3.05) is 30.7 Å². The van der Waals surface area contributed by atoms with Crippen molar-refractivity contribution < 1.29 is 22.5 Å². The highest BCUT2D eigenvalue weighted by molar-refractivity contribution is 7.89. The van der Waals surface area contributed by atoms with E-state index >= 15 is 0 Å². The van der Waals surface area contributed by atoms with Crippen molar-refractivity contribution in [2.45, 2.75) is 44.8 Å². The highest BCUT2D eigenvalue weighted by Gasteiger charge is 2.31. The first kappa shape index (κ1) is 21.7. The van der Waals surface area contributed by atoms with Crippen molar-refractivity contribution in [3.8, 4) is 11.5 Å². The first-order valence-electron chi connectivity index (χ1n) is 10.4. The Labute approximate surface area is 181 Å². The maximum Gasteiger partial charge on any atom is 0.319 e. The Bertz CT molecular complexity index is 1030. The minimum atomic E-state index is -3.48. The topological polar surface area (TPSA) is 127 Å². The van der Waals surface area contributed by atoms with E-state index in [0.717, 1.165) is 18.7 Å². The summed E-state index contributed by atoms with van der Waals surface area (Å²) in [6.07, 6.45) is 1.86. The molecule has 2 fully saturated rings. The van der Waals surface area contributed by atoms with Crippen molar-refractivity contribution in [3.63, 3.8) is 0 Å². The normalized spacial score (nSPS) is 22.3. The molecule has 11 heteroatoms. The zero-order valence-electron chi connectivity index (χ0n) is 17.6. The minimum Gasteiger partial charge on any atom is -0.373 e.